The van der Waals surface area contributed by atoms with Crippen molar-refractivity contribution >= 4 is 9.24 Å². The first-order chi connectivity index (χ1) is 8.27. The zero-order valence-electron chi connectivity index (χ0n) is 10.3. The molecule has 0 saturated heterocycles. The summed E-state index contributed by atoms with van der Waals surface area (Å²) in [6, 6.07) is 21.6. The molecular formula is C16H19P. The molecule has 0 nitrogen and oxygen atoms in total. The third-order valence-electron chi connectivity index (χ3n) is 3.47. The van der Waals surface area contributed by atoms with Crippen LogP contribution in [0.25, 0.3) is 0 Å². The molecule has 0 radical (unpaired) electrons. The van der Waals surface area contributed by atoms with Gasteiger partial charge in [-0.2, -0.15) is 0 Å². The van der Waals surface area contributed by atoms with Gasteiger partial charge in [0.05, 0.1) is 0 Å². The van der Waals surface area contributed by atoms with Crippen molar-refractivity contribution in [3.8, 4) is 0 Å². The lowest BCUT2D eigenvalue weighted by molar-refractivity contribution is 0.555. The van der Waals surface area contributed by atoms with E-state index in [9.17, 15) is 0 Å². The molecule has 0 heterocycles. The van der Waals surface area contributed by atoms with Crippen LogP contribution in [0, 0.1) is 0 Å². The molecular weight excluding hydrogens is 223 g/mol. The molecule has 2 aromatic carbocycles. The Morgan fingerprint density at radius 1 is 0.824 bits per heavy atom. The summed E-state index contributed by atoms with van der Waals surface area (Å²) < 4.78 is 0. The molecule has 0 aromatic heterocycles. The lowest BCUT2D eigenvalue weighted by Crippen LogP contribution is -2.24. The maximum Gasteiger partial charge on any atom is 0.0177 e. The minimum Gasteiger partial charge on any atom is -0.138 e. The van der Waals surface area contributed by atoms with Crippen LogP contribution in [0.4, 0.5) is 0 Å². The van der Waals surface area contributed by atoms with Crippen molar-refractivity contribution in [3.63, 3.8) is 0 Å². The molecule has 1 atom stereocenters. The summed E-state index contributed by atoms with van der Waals surface area (Å²) in [7, 11) is 2.84. The van der Waals surface area contributed by atoms with Crippen LogP contribution in [0.2, 0.25) is 0 Å². The van der Waals surface area contributed by atoms with Crippen LogP contribution in [0.3, 0.4) is 0 Å². The van der Waals surface area contributed by atoms with Gasteiger partial charge in [0.15, 0.2) is 0 Å². The zero-order chi connectivity index (χ0) is 12.1. The molecule has 0 fully saturated rings. The SMILES string of the molecule is CC(CCP)(c1ccccc1)c1ccccc1. The average molecular weight is 242 g/mol. The molecule has 0 amide bonds. The van der Waals surface area contributed by atoms with E-state index in [1.54, 1.807) is 0 Å². The summed E-state index contributed by atoms with van der Waals surface area (Å²) in [5.41, 5.74) is 2.91. The summed E-state index contributed by atoms with van der Waals surface area (Å²) in [5.74, 6) is 0. The maximum absolute atomic E-state index is 2.84. The van der Waals surface area contributed by atoms with Gasteiger partial charge in [-0.1, -0.05) is 67.6 Å². The van der Waals surface area contributed by atoms with Crippen LogP contribution in [0.15, 0.2) is 60.7 Å². The first-order valence-corrected chi connectivity index (χ1v) is 6.90. The molecule has 0 saturated carbocycles. The molecule has 2 aromatic rings. The minimum atomic E-state index is 0.115. The highest BCUT2D eigenvalue weighted by Crippen LogP contribution is 2.35. The van der Waals surface area contributed by atoms with Crippen molar-refractivity contribution in [2.75, 3.05) is 6.16 Å². The summed E-state index contributed by atoms with van der Waals surface area (Å²) in [4.78, 5) is 0. The predicted molar refractivity (Wildman–Crippen MR) is 78.5 cm³/mol. The van der Waals surface area contributed by atoms with Crippen molar-refractivity contribution in [2.24, 2.45) is 0 Å². The fourth-order valence-electron chi connectivity index (χ4n) is 2.36. The Morgan fingerprint density at radius 3 is 1.59 bits per heavy atom. The van der Waals surface area contributed by atoms with E-state index >= 15 is 0 Å². The number of rotatable bonds is 4. The van der Waals surface area contributed by atoms with Gasteiger partial charge >= 0.3 is 0 Å². The van der Waals surface area contributed by atoms with E-state index < -0.39 is 0 Å². The van der Waals surface area contributed by atoms with Gasteiger partial charge in [0.2, 0.25) is 0 Å². The predicted octanol–water partition coefficient (Wildman–Crippen LogP) is 4.26. The second kappa shape index (κ2) is 5.47. The first kappa shape index (κ1) is 12.3. The smallest absolute Gasteiger partial charge is 0.0177 e. The van der Waals surface area contributed by atoms with Gasteiger partial charge in [-0.15, -0.1) is 9.24 Å². The normalized spacial score (nSPS) is 11.4. The Hall–Kier alpha value is -1.13. The molecule has 0 spiro atoms. The van der Waals surface area contributed by atoms with Crippen LogP contribution >= 0.6 is 9.24 Å². The Morgan fingerprint density at radius 2 is 1.24 bits per heavy atom. The van der Waals surface area contributed by atoms with Crippen molar-refractivity contribution in [1.29, 1.82) is 0 Å². The summed E-state index contributed by atoms with van der Waals surface area (Å²) >= 11 is 0. The van der Waals surface area contributed by atoms with Crippen LogP contribution in [0.5, 0.6) is 0 Å². The number of hydrogen-bond donors (Lipinski definition) is 0. The molecule has 1 unspecified atom stereocenters. The average Bonchev–Trinajstić information content (AvgIpc) is 2.41. The van der Waals surface area contributed by atoms with E-state index in [4.69, 9.17) is 0 Å². The largest absolute Gasteiger partial charge is 0.138 e. The van der Waals surface area contributed by atoms with E-state index in [1.807, 2.05) is 0 Å². The highest BCUT2D eigenvalue weighted by molar-refractivity contribution is 7.16. The van der Waals surface area contributed by atoms with Gasteiger partial charge in [-0.25, -0.2) is 0 Å². The summed E-state index contributed by atoms with van der Waals surface area (Å²) in [5, 5.41) is 0. The van der Waals surface area contributed by atoms with Gasteiger partial charge < -0.3 is 0 Å². The number of hydrogen-bond acceptors (Lipinski definition) is 0. The Balaban J connectivity index is 2.47. The molecule has 0 N–H and O–H groups in total. The molecule has 1 heteroatoms. The quantitative estimate of drug-likeness (QED) is 0.703. The fraction of sp³-hybridized carbons (Fsp3) is 0.250. The molecule has 2 rings (SSSR count). The molecule has 0 aliphatic rings. The third-order valence-corrected chi connectivity index (χ3v) is 3.75. The Labute approximate surface area is 106 Å². The van der Waals surface area contributed by atoms with Gasteiger partial charge in [-0.05, 0) is 23.7 Å². The van der Waals surface area contributed by atoms with E-state index in [0.717, 1.165) is 12.6 Å². The second-order valence-corrected chi connectivity index (χ2v) is 5.18. The highest BCUT2D eigenvalue weighted by atomic mass is 31.0. The van der Waals surface area contributed by atoms with Crippen LogP contribution in [0.1, 0.15) is 24.5 Å². The van der Waals surface area contributed by atoms with Gasteiger partial charge in [0.25, 0.3) is 0 Å². The topological polar surface area (TPSA) is 0 Å². The molecule has 0 bridgehead atoms. The van der Waals surface area contributed by atoms with E-state index in [1.165, 1.54) is 11.1 Å². The van der Waals surface area contributed by atoms with E-state index in [2.05, 4.69) is 76.8 Å². The van der Waals surface area contributed by atoms with Crippen LogP contribution < -0.4 is 0 Å². The second-order valence-electron chi connectivity index (χ2n) is 4.60. The van der Waals surface area contributed by atoms with Crippen LogP contribution in [-0.2, 0) is 5.41 Å². The summed E-state index contributed by atoms with van der Waals surface area (Å²) in [6.07, 6.45) is 2.26. The fourth-order valence-corrected chi connectivity index (χ4v) is 2.93. The van der Waals surface area contributed by atoms with Crippen LogP contribution in [-0.4, -0.2) is 6.16 Å². The number of benzene rings is 2. The standard InChI is InChI=1S/C16H19P/c1-16(12-13-17,14-8-4-2-5-9-14)15-10-6-3-7-11-15/h2-11H,12-13,17H2,1H3. The minimum absolute atomic E-state index is 0.115. The molecule has 0 aliphatic heterocycles. The zero-order valence-corrected chi connectivity index (χ0v) is 11.4. The van der Waals surface area contributed by atoms with E-state index in [-0.39, 0.29) is 5.41 Å². The van der Waals surface area contributed by atoms with E-state index in [0.29, 0.717) is 0 Å². The van der Waals surface area contributed by atoms with Crippen molar-refractivity contribution < 1.29 is 0 Å². The molecule has 17 heavy (non-hydrogen) atoms. The highest BCUT2D eigenvalue weighted by Gasteiger charge is 2.27. The maximum atomic E-state index is 2.84. The first-order valence-electron chi connectivity index (χ1n) is 6.08. The molecule has 88 valence electrons. The summed E-state index contributed by atoms with van der Waals surface area (Å²) in [6.45, 7) is 2.34. The lowest BCUT2D eigenvalue weighted by atomic mass is 9.74. The Kier molecular flexibility index (Phi) is 3.97. The van der Waals surface area contributed by atoms with Crippen molar-refractivity contribution in [2.45, 2.75) is 18.8 Å². The van der Waals surface area contributed by atoms with Crippen molar-refractivity contribution in [1.82, 2.24) is 0 Å². The van der Waals surface area contributed by atoms with Crippen molar-refractivity contribution in [3.05, 3.63) is 71.8 Å². The molecule has 0 aliphatic carbocycles. The van der Waals surface area contributed by atoms with Gasteiger partial charge in [-0.3, -0.25) is 0 Å². The monoisotopic (exact) mass is 242 g/mol. The van der Waals surface area contributed by atoms with Gasteiger partial charge in [0, 0.05) is 5.41 Å². The van der Waals surface area contributed by atoms with Gasteiger partial charge in [0.1, 0.15) is 0 Å². The third kappa shape index (κ3) is 2.58. The lowest BCUT2D eigenvalue weighted by Gasteiger charge is -2.30. The Bertz CT molecular complexity index is 408.